The third-order valence-electron chi connectivity index (χ3n) is 3.34. The molecule has 5 heteroatoms. The van der Waals surface area contributed by atoms with Crippen molar-refractivity contribution in [2.75, 3.05) is 13.7 Å². The van der Waals surface area contributed by atoms with Crippen LogP contribution in [-0.2, 0) is 4.79 Å². The predicted molar refractivity (Wildman–Crippen MR) is 70.9 cm³/mol. The van der Waals surface area contributed by atoms with E-state index in [1.54, 1.807) is 13.3 Å². The minimum Gasteiger partial charge on any atom is -0.497 e. The van der Waals surface area contributed by atoms with E-state index in [2.05, 4.69) is 15.3 Å². The number of ether oxygens (including phenoxy) is 1. The summed E-state index contributed by atoms with van der Waals surface area (Å²) in [4.78, 5) is 18.9. The molecule has 2 N–H and O–H groups in total. The summed E-state index contributed by atoms with van der Waals surface area (Å²) in [7, 11) is 1.65. The standard InChI is InChI=1S/C14H15N3O2/c1-19-11-4-2-3-9(5-11)12-8-16-14(17-12)10-6-13(18)15-7-10/h2-5,8,10H,6-7H2,1H3,(H,15,18)(H,16,17)/t10-/m1/s1. The Hall–Kier alpha value is -2.30. The van der Waals surface area contributed by atoms with E-state index in [0.717, 1.165) is 22.8 Å². The monoisotopic (exact) mass is 257 g/mol. The van der Waals surface area contributed by atoms with Gasteiger partial charge in [0.1, 0.15) is 11.6 Å². The van der Waals surface area contributed by atoms with Gasteiger partial charge in [0.05, 0.1) is 19.0 Å². The van der Waals surface area contributed by atoms with Crippen molar-refractivity contribution < 1.29 is 9.53 Å². The summed E-state index contributed by atoms with van der Waals surface area (Å²) >= 11 is 0. The molecule has 98 valence electrons. The van der Waals surface area contributed by atoms with Crippen LogP contribution in [0.4, 0.5) is 0 Å². The van der Waals surface area contributed by atoms with Crippen LogP contribution >= 0.6 is 0 Å². The molecule has 1 atom stereocenters. The maximum Gasteiger partial charge on any atom is 0.220 e. The van der Waals surface area contributed by atoms with Crippen LogP contribution in [0.2, 0.25) is 0 Å². The molecular formula is C14H15N3O2. The topological polar surface area (TPSA) is 67.0 Å². The molecule has 0 saturated carbocycles. The molecule has 2 aromatic rings. The average molecular weight is 257 g/mol. The summed E-state index contributed by atoms with van der Waals surface area (Å²) in [5.41, 5.74) is 1.96. The van der Waals surface area contributed by atoms with E-state index in [4.69, 9.17) is 4.74 Å². The molecule has 0 spiro atoms. The Balaban J connectivity index is 1.86. The molecule has 1 fully saturated rings. The number of imidazole rings is 1. The molecule has 3 rings (SSSR count). The van der Waals surface area contributed by atoms with Crippen molar-refractivity contribution in [3.05, 3.63) is 36.3 Å². The third-order valence-corrected chi connectivity index (χ3v) is 3.34. The summed E-state index contributed by atoms with van der Waals surface area (Å²) in [5, 5.41) is 2.82. The van der Waals surface area contributed by atoms with Crippen LogP contribution in [0.1, 0.15) is 18.2 Å². The van der Waals surface area contributed by atoms with Crippen LogP contribution in [0.5, 0.6) is 5.75 Å². The average Bonchev–Trinajstić information content (AvgIpc) is 3.07. The molecule has 1 aliphatic heterocycles. The van der Waals surface area contributed by atoms with Gasteiger partial charge >= 0.3 is 0 Å². The number of aromatic amines is 1. The Bertz CT molecular complexity index is 606. The summed E-state index contributed by atoms with van der Waals surface area (Å²) in [6, 6.07) is 7.79. The quantitative estimate of drug-likeness (QED) is 0.879. The lowest BCUT2D eigenvalue weighted by Gasteiger charge is -2.03. The number of amides is 1. The highest BCUT2D eigenvalue weighted by molar-refractivity contribution is 5.79. The summed E-state index contributed by atoms with van der Waals surface area (Å²) in [6.45, 7) is 0.657. The van der Waals surface area contributed by atoms with Gasteiger partial charge in [-0.05, 0) is 12.1 Å². The number of hydrogen-bond donors (Lipinski definition) is 2. The number of methoxy groups -OCH3 is 1. The highest BCUT2D eigenvalue weighted by Gasteiger charge is 2.25. The van der Waals surface area contributed by atoms with Gasteiger partial charge in [0, 0.05) is 24.4 Å². The van der Waals surface area contributed by atoms with Crippen LogP contribution < -0.4 is 10.1 Å². The van der Waals surface area contributed by atoms with E-state index < -0.39 is 0 Å². The third kappa shape index (κ3) is 2.31. The van der Waals surface area contributed by atoms with E-state index in [9.17, 15) is 4.79 Å². The fourth-order valence-electron chi connectivity index (χ4n) is 2.28. The first-order valence-electron chi connectivity index (χ1n) is 6.22. The maximum atomic E-state index is 11.2. The molecular weight excluding hydrogens is 242 g/mol. The molecule has 1 aromatic carbocycles. The maximum absolute atomic E-state index is 11.2. The van der Waals surface area contributed by atoms with Gasteiger partial charge in [-0.1, -0.05) is 12.1 Å². The van der Waals surface area contributed by atoms with E-state index in [-0.39, 0.29) is 11.8 Å². The van der Waals surface area contributed by atoms with Crippen molar-refractivity contribution in [3.8, 4) is 17.0 Å². The van der Waals surface area contributed by atoms with Crippen LogP contribution in [-0.4, -0.2) is 29.5 Å². The smallest absolute Gasteiger partial charge is 0.220 e. The second kappa shape index (κ2) is 4.76. The largest absolute Gasteiger partial charge is 0.497 e. The van der Waals surface area contributed by atoms with Gasteiger partial charge in [-0.15, -0.1) is 0 Å². The van der Waals surface area contributed by atoms with Crippen molar-refractivity contribution >= 4 is 5.91 Å². The Morgan fingerprint density at radius 1 is 1.42 bits per heavy atom. The number of aromatic nitrogens is 2. The SMILES string of the molecule is COc1cccc(-c2cnc([C@H]3CNC(=O)C3)[nH]2)c1. The lowest BCUT2D eigenvalue weighted by atomic mass is 10.1. The Labute approximate surface area is 111 Å². The number of nitrogens with zero attached hydrogens (tertiary/aromatic N) is 1. The molecule has 0 aliphatic carbocycles. The van der Waals surface area contributed by atoms with E-state index in [1.165, 1.54) is 0 Å². The number of hydrogen-bond acceptors (Lipinski definition) is 3. The van der Waals surface area contributed by atoms with Crippen LogP contribution in [0.15, 0.2) is 30.5 Å². The Morgan fingerprint density at radius 2 is 2.32 bits per heavy atom. The second-order valence-corrected chi connectivity index (χ2v) is 4.62. The first kappa shape index (κ1) is 11.8. The second-order valence-electron chi connectivity index (χ2n) is 4.62. The number of carbonyl (C=O) groups is 1. The number of H-pyrrole nitrogens is 1. The molecule has 0 unspecified atom stereocenters. The van der Waals surface area contributed by atoms with Crippen molar-refractivity contribution in [1.82, 2.24) is 15.3 Å². The molecule has 2 heterocycles. The van der Waals surface area contributed by atoms with E-state index >= 15 is 0 Å². The highest BCUT2D eigenvalue weighted by atomic mass is 16.5. The normalized spacial score (nSPS) is 18.4. The van der Waals surface area contributed by atoms with Gasteiger partial charge < -0.3 is 15.0 Å². The highest BCUT2D eigenvalue weighted by Crippen LogP contribution is 2.26. The summed E-state index contributed by atoms with van der Waals surface area (Å²) < 4.78 is 5.21. The van der Waals surface area contributed by atoms with Gasteiger partial charge in [0.25, 0.3) is 0 Å². The Kier molecular flexibility index (Phi) is 2.95. The lowest BCUT2D eigenvalue weighted by molar-refractivity contribution is -0.119. The first-order chi connectivity index (χ1) is 9.26. The van der Waals surface area contributed by atoms with Crippen LogP contribution in [0.3, 0.4) is 0 Å². The van der Waals surface area contributed by atoms with E-state index in [0.29, 0.717) is 13.0 Å². The van der Waals surface area contributed by atoms with Crippen LogP contribution in [0.25, 0.3) is 11.3 Å². The van der Waals surface area contributed by atoms with Gasteiger partial charge in [-0.25, -0.2) is 4.98 Å². The fraction of sp³-hybridized carbons (Fsp3) is 0.286. The summed E-state index contributed by atoms with van der Waals surface area (Å²) in [5.74, 6) is 1.90. The Morgan fingerprint density at radius 3 is 3.05 bits per heavy atom. The van der Waals surface area contributed by atoms with Gasteiger partial charge in [-0.2, -0.15) is 0 Å². The molecule has 1 aliphatic rings. The number of carbonyl (C=O) groups excluding carboxylic acids is 1. The van der Waals surface area contributed by atoms with Crippen molar-refractivity contribution in [3.63, 3.8) is 0 Å². The first-order valence-corrected chi connectivity index (χ1v) is 6.22. The molecule has 5 nitrogen and oxygen atoms in total. The molecule has 1 aromatic heterocycles. The number of nitrogens with one attached hydrogen (secondary N) is 2. The number of rotatable bonds is 3. The molecule has 1 amide bonds. The van der Waals surface area contributed by atoms with Crippen molar-refractivity contribution in [2.45, 2.75) is 12.3 Å². The lowest BCUT2D eigenvalue weighted by Crippen LogP contribution is -2.13. The predicted octanol–water partition coefficient (Wildman–Crippen LogP) is 1.69. The zero-order chi connectivity index (χ0) is 13.2. The van der Waals surface area contributed by atoms with Gasteiger partial charge in [-0.3, -0.25) is 4.79 Å². The minimum absolute atomic E-state index is 0.0873. The molecule has 0 radical (unpaired) electrons. The van der Waals surface area contributed by atoms with Crippen molar-refractivity contribution in [2.24, 2.45) is 0 Å². The van der Waals surface area contributed by atoms with Crippen molar-refractivity contribution in [1.29, 1.82) is 0 Å². The fourth-order valence-corrected chi connectivity index (χ4v) is 2.28. The minimum atomic E-state index is 0.0873. The van der Waals surface area contributed by atoms with Gasteiger partial charge in [0.2, 0.25) is 5.91 Å². The van der Waals surface area contributed by atoms with Gasteiger partial charge in [0.15, 0.2) is 0 Å². The molecule has 19 heavy (non-hydrogen) atoms. The zero-order valence-corrected chi connectivity index (χ0v) is 10.6. The van der Waals surface area contributed by atoms with E-state index in [1.807, 2.05) is 24.3 Å². The number of benzene rings is 1. The molecule has 0 bridgehead atoms. The zero-order valence-electron chi connectivity index (χ0n) is 10.6. The van der Waals surface area contributed by atoms with Crippen LogP contribution in [0, 0.1) is 0 Å². The summed E-state index contributed by atoms with van der Waals surface area (Å²) in [6.07, 6.45) is 2.30. The molecule has 1 saturated heterocycles.